The number of rotatable bonds is 5. The first-order chi connectivity index (χ1) is 7.13. The van der Waals surface area contributed by atoms with Crippen LogP contribution in [0.3, 0.4) is 0 Å². The summed E-state index contributed by atoms with van der Waals surface area (Å²) in [6.45, 7) is 1.83. The summed E-state index contributed by atoms with van der Waals surface area (Å²) in [6.07, 6.45) is 3.29. The quantitative estimate of drug-likeness (QED) is 0.739. The van der Waals surface area contributed by atoms with E-state index >= 15 is 0 Å². The maximum absolute atomic E-state index is 8.84. The van der Waals surface area contributed by atoms with Crippen LogP contribution in [0.15, 0.2) is 12.4 Å². The monoisotopic (exact) mass is 210 g/mol. The summed E-state index contributed by atoms with van der Waals surface area (Å²) in [5, 5.41) is 8.84. The highest BCUT2D eigenvalue weighted by atomic mass is 16.3. The fourth-order valence-corrected chi connectivity index (χ4v) is 1.08. The number of likely N-dealkylation sites (N-methyl/N-ethyl adjacent to an activating group) is 2. The van der Waals surface area contributed by atoms with Crippen LogP contribution in [0.25, 0.3) is 0 Å². The Morgan fingerprint density at radius 1 is 1.13 bits per heavy atom. The van der Waals surface area contributed by atoms with E-state index in [-0.39, 0.29) is 6.61 Å². The van der Waals surface area contributed by atoms with Crippen LogP contribution in [0.5, 0.6) is 0 Å². The lowest BCUT2D eigenvalue weighted by atomic mass is 10.4. The molecule has 0 unspecified atom stereocenters. The van der Waals surface area contributed by atoms with Gasteiger partial charge in [0.1, 0.15) is 0 Å². The van der Waals surface area contributed by atoms with Crippen molar-refractivity contribution in [3.63, 3.8) is 0 Å². The molecule has 1 aromatic rings. The fourth-order valence-electron chi connectivity index (χ4n) is 1.08. The second-order valence-corrected chi connectivity index (χ2v) is 3.77. The standard InChI is InChI=1S/C10H18N4O/c1-13(2)4-5-14(3)10-11-6-9(8-15)7-12-10/h6-7,15H,4-5,8H2,1-3H3. The first-order valence-corrected chi connectivity index (χ1v) is 4.91. The summed E-state index contributed by atoms with van der Waals surface area (Å²) in [5.74, 6) is 0.689. The van der Waals surface area contributed by atoms with Gasteiger partial charge in [-0.25, -0.2) is 9.97 Å². The molecule has 0 aliphatic heterocycles. The topological polar surface area (TPSA) is 52.5 Å². The molecule has 0 amide bonds. The van der Waals surface area contributed by atoms with Crippen molar-refractivity contribution in [3.8, 4) is 0 Å². The lowest BCUT2D eigenvalue weighted by molar-refractivity contribution is 0.281. The van der Waals surface area contributed by atoms with Gasteiger partial charge in [0.25, 0.3) is 0 Å². The second kappa shape index (κ2) is 5.63. The molecule has 5 nitrogen and oxygen atoms in total. The molecule has 0 fully saturated rings. The molecular formula is C10H18N4O. The summed E-state index contributed by atoms with van der Waals surface area (Å²) >= 11 is 0. The lowest BCUT2D eigenvalue weighted by Gasteiger charge is -2.19. The number of aromatic nitrogens is 2. The SMILES string of the molecule is CN(C)CCN(C)c1ncc(CO)cn1. The molecule has 1 N–H and O–H groups in total. The van der Waals surface area contributed by atoms with Gasteiger partial charge in [0.15, 0.2) is 0 Å². The smallest absolute Gasteiger partial charge is 0.225 e. The minimum absolute atomic E-state index is 0.0122. The first kappa shape index (κ1) is 11.9. The summed E-state index contributed by atoms with van der Waals surface area (Å²) in [5.41, 5.74) is 0.736. The lowest BCUT2D eigenvalue weighted by Crippen LogP contribution is -2.29. The minimum atomic E-state index is -0.0122. The maximum Gasteiger partial charge on any atom is 0.225 e. The number of nitrogens with zero attached hydrogens (tertiary/aromatic N) is 4. The molecule has 0 aliphatic carbocycles. The highest BCUT2D eigenvalue weighted by molar-refractivity contribution is 5.28. The minimum Gasteiger partial charge on any atom is -0.392 e. The van der Waals surface area contributed by atoms with Crippen LogP contribution in [0.1, 0.15) is 5.56 Å². The average molecular weight is 210 g/mol. The van der Waals surface area contributed by atoms with Crippen molar-refractivity contribution in [2.45, 2.75) is 6.61 Å². The molecule has 0 atom stereocenters. The number of hydrogen-bond donors (Lipinski definition) is 1. The van der Waals surface area contributed by atoms with Crippen molar-refractivity contribution >= 4 is 5.95 Å². The number of aliphatic hydroxyl groups is 1. The third-order valence-electron chi connectivity index (χ3n) is 2.10. The van der Waals surface area contributed by atoms with E-state index in [4.69, 9.17) is 5.11 Å². The van der Waals surface area contributed by atoms with Crippen LogP contribution in [-0.2, 0) is 6.61 Å². The number of hydrogen-bond acceptors (Lipinski definition) is 5. The van der Waals surface area contributed by atoms with Crippen molar-refractivity contribution in [2.75, 3.05) is 39.1 Å². The van der Waals surface area contributed by atoms with E-state index < -0.39 is 0 Å². The third-order valence-corrected chi connectivity index (χ3v) is 2.10. The second-order valence-electron chi connectivity index (χ2n) is 3.77. The van der Waals surface area contributed by atoms with Crippen molar-refractivity contribution in [1.82, 2.24) is 14.9 Å². The Labute approximate surface area is 90.4 Å². The normalized spacial score (nSPS) is 10.7. The molecule has 1 rings (SSSR count). The molecule has 0 spiro atoms. The predicted octanol–water partition coefficient (Wildman–Crippen LogP) is -0.0333. The van der Waals surface area contributed by atoms with Gasteiger partial charge in [-0.15, -0.1) is 0 Å². The molecule has 1 heterocycles. The van der Waals surface area contributed by atoms with Crippen LogP contribution in [0, 0.1) is 0 Å². The molecule has 84 valence electrons. The molecule has 1 aromatic heterocycles. The zero-order chi connectivity index (χ0) is 11.3. The van der Waals surface area contributed by atoms with Gasteiger partial charge in [-0.1, -0.05) is 0 Å². The molecule has 0 aliphatic rings. The number of anilines is 1. The average Bonchev–Trinajstić information content (AvgIpc) is 2.26. The Hall–Kier alpha value is -1.20. The number of aliphatic hydroxyl groups excluding tert-OH is 1. The zero-order valence-corrected chi connectivity index (χ0v) is 9.51. The summed E-state index contributed by atoms with van der Waals surface area (Å²) in [4.78, 5) is 12.4. The van der Waals surface area contributed by atoms with Gasteiger partial charge in [0, 0.05) is 38.1 Å². The van der Waals surface area contributed by atoms with Crippen molar-refractivity contribution in [2.24, 2.45) is 0 Å². The predicted molar refractivity (Wildman–Crippen MR) is 59.8 cm³/mol. The van der Waals surface area contributed by atoms with Crippen molar-refractivity contribution in [3.05, 3.63) is 18.0 Å². The van der Waals surface area contributed by atoms with Crippen LogP contribution < -0.4 is 4.90 Å². The Kier molecular flexibility index (Phi) is 4.45. The van der Waals surface area contributed by atoms with Gasteiger partial charge >= 0.3 is 0 Å². The first-order valence-electron chi connectivity index (χ1n) is 4.91. The zero-order valence-electron chi connectivity index (χ0n) is 9.51. The Morgan fingerprint density at radius 3 is 2.20 bits per heavy atom. The molecule has 0 radical (unpaired) electrons. The van der Waals surface area contributed by atoms with Gasteiger partial charge in [0.2, 0.25) is 5.95 Å². The molecule has 0 saturated carbocycles. The van der Waals surface area contributed by atoms with Gasteiger partial charge in [-0.3, -0.25) is 0 Å². The Balaban J connectivity index is 2.54. The van der Waals surface area contributed by atoms with E-state index in [9.17, 15) is 0 Å². The van der Waals surface area contributed by atoms with Gasteiger partial charge in [0.05, 0.1) is 6.61 Å². The van der Waals surface area contributed by atoms with Crippen LogP contribution >= 0.6 is 0 Å². The summed E-state index contributed by atoms with van der Waals surface area (Å²) < 4.78 is 0. The van der Waals surface area contributed by atoms with E-state index in [1.807, 2.05) is 26.0 Å². The van der Waals surface area contributed by atoms with Crippen molar-refractivity contribution < 1.29 is 5.11 Å². The van der Waals surface area contributed by atoms with E-state index in [1.165, 1.54) is 0 Å². The molecule has 0 aromatic carbocycles. The van der Waals surface area contributed by atoms with Crippen LogP contribution in [-0.4, -0.2) is 54.2 Å². The Bertz CT molecular complexity index is 286. The highest BCUT2D eigenvalue weighted by Gasteiger charge is 2.03. The molecule has 0 bridgehead atoms. The van der Waals surface area contributed by atoms with Crippen LogP contribution in [0.4, 0.5) is 5.95 Å². The fraction of sp³-hybridized carbons (Fsp3) is 0.600. The van der Waals surface area contributed by atoms with Gasteiger partial charge < -0.3 is 14.9 Å². The van der Waals surface area contributed by atoms with E-state index in [1.54, 1.807) is 12.4 Å². The van der Waals surface area contributed by atoms with Gasteiger partial charge in [-0.05, 0) is 14.1 Å². The third kappa shape index (κ3) is 3.81. The highest BCUT2D eigenvalue weighted by Crippen LogP contribution is 2.04. The molecule has 5 heteroatoms. The molecular weight excluding hydrogens is 192 g/mol. The van der Waals surface area contributed by atoms with E-state index in [2.05, 4.69) is 14.9 Å². The van der Waals surface area contributed by atoms with E-state index in [0.29, 0.717) is 5.95 Å². The van der Waals surface area contributed by atoms with Crippen molar-refractivity contribution in [1.29, 1.82) is 0 Å². The summed E-state index contributed by atoms with van der Waals surface area (Å²) in [6, 6.07) is 0. The maximum atomic E-state index is 8.84. The van der Waals surface area contributed by atoms with E-state index in [0.717, 1.165) is 18.7 Å². The largest absolute Gasteiger partial charge is 0.392 e. The molecule has 0 saturated heterocycles. The molecule has 15 heavy (non-hydrogen) atoms. The summed E-state index contributed by atoms with van der Waals surface area (Å²) in [7, 11) is 6.02. The van der Waals surface area contributed by atoms with Crippen LogP contribution in [0.2, 0.25) is 0 Å². The van der Waals surface area contributed by atoms with Gasteiger partial charge in [-0.2, -0.15) is 0 Å². The Morgan fingerprint density at radius 2 is 1.73 bits per heavy atom.